The lowest BCUT2D eigenvalue weighted by Gasteiger charge is -2.38. The summed E-state index contributed by atoms with van der Waals surface area (Å²) in [7, 11) is -4.21. The normalized spacial score (nSPS) is 13.4. The number of carboxylic acid groups (broad SMARTS) is 1. The number of alkyl carbamates (subject to hydrolysis) is 1. The molecule has 0 aliphatic carbocycles. The van der Waals surface area contributed by atoms with Crippen LogP contribution in [0.1, 0.15) is 47.9 Å². The minimum atomic E-state index is -4.21. The number of aryl methyl sites for hydroxylation is 2. The van der Waals surface area contributed by atoms with E-state index in [9.17, 15) is 24.2 Å². The average molecular weight is 614 g/mol. The Balaban J connectivity index is 1.65. The van der Waals surface area contributed by atoms with E-state index in [0.29, 0.717) is 25.7 Å². The molecule has 4 aromatic rings. The molecule has 0 aliphatic heterocycles. The summed E-state index contributed by atoms with van der Waals surface area (Å²) in [5.41, 5.74) is 3.19. The summed E-state index contributed by atoms with van der Waals surface area (Å²) < 4.78 is 19.8. The van der Waals surface area contributed by atoms with Gasteiger partial charge in [0.05, 0.1) is 0 Å². The first-order valence-electron chi connectivity index (χ1n) is 14.9. The molecule has 0 saturated carbocycles. The van der Waals surface area contributed by atoms with Crippen molar-refractivity contribution in [1.29, 1.82) is 0 Å². The van der Waals surface area contributed by atoms with Gasteiger partial charge in [0.25, 0.3) is 0 Å². The van der Waals surface area contributed by atoms with Gasteiger partial charge < -0.3 is 20.1 Å². The smallest absolute Gasteiger partial charge is 0.408 e. The van der Waals surface area contributed by atoms with E-state index in [1.54, 1.807) is 12.1 Å². The van der Waals surface area contributed by atoms with Crippen molar-refractivity contribution < 1.29 is 28.9 Å². The van der Waals surface area contributed by atoms with Crippen LogP contribution in [0.4, 0.5) is 4.79 Å². The number of carboxylic acids is 1. The topological polar surface area (TPSA) is 113 Å². The van der Waals surface area contributed by atoms with Gasteiger partial charge in [0, 0.05) is 18.0 Å². The maximum absolute atomic E-state index is 14.4. The fourth-order valence-electron chi connectivity index (χ4n) is 5.59. The van der Waals surface area contributed by atoms with E-state index in [4.69, 9.17) is 4.74 Å². The van der Waals surface area contributed by atoms with Gasteiger partial charge in [-0.05, 0) is 54.4 Å². The van der Waals surface area contributed by atoms with Crippen molar-refractivity contribution in [3.63, 3.8) is 0 Å². The summed E-state index contributed by atoms with van der Waals surface area (Å²) in [6, 6.07) is 38.9. The second-order valence-electron chi connectivity index (χ2n) is 11.2. The highest BCUT2D eigenvalue weighted by molar-refractivity contribution is 7.58. The molecule has 0 bridgehead atoms. The summed E-state index contributed by atoms with van der Waals surface area (Å²) in [5.74, 6) is -2.41. The summed E-state index contributed by atoms with van der Waals surface area (Å²) in [6.07, 6.45) is 0.954. The average Bonchev–Trinajstić information content (AvgIpc) is 3.05. The Morgan fingerprint density at radius 2 is 1.18 bits per heavy atom. The van der Waals surface area contributed by atoms with Gasteiger partial charge in [-0.15, -0.1) is 0 Å². The number of hydrogen-bond donors (Lipinski definition) is 3. The largest absolute Gasteiger partial charge is 0.481 e. The fraction of sp³-hybridized carbons (Fsp3) is 0.278. The Hall–Kier alpha value is -4.19. The lowest BCUT2D eigenvalue weighted by molar-refractivity contribution is -0.137. The van der Waals surface area contributed by atoms with Gasteiger partial charge in [0.2, 0.25) is 7.37 Å². The standard InChI is InChI=1S/C36H40NO6P/c38-34(39)22-21-33(37-35(40)43-27-31-17-9-3-10-18-31)44(41,42)28-36(32-19-11-4-12-20-32,25-23-29-13-5-1-6-14-29)26-24-30-15-7-2-8-16-30/h1-20,33H,21-28H2,(H,37,40)(H,38,39)(H,41,42). The van der Waals surface area contributed by atoms with E-state index in [1.165, 1.54) is 0 Å². The van der Waals surface area contributed by atoms with Crippen LogP contribution in [0.3, 0.4) is 0 Å². The van der Waals surface area contributed by atoms with Crippen LogP contribution in [0.15, 0.2) is 121 Å². The second kappa shape index (κ2) is 16.0. The Morgan fingerprint density at radius 3 is 1.66 bits per heavy atom. The van der Waals surface area contributed by atoms with E-state index in [-0.39, 0.29) is 25.6 Å². The van der Waals surface area contributed by atoms with Gasteiger partial charge in [-0.2, -0.15) is 0 Å². The highest BCUT2D eigenvalue weighted by Crippen LogP contribution is 2.54. The third-order valence-electron chi connectivity index (χ3n) is 8.00. The van der Waals surface area contributed by atoms with Crippen molar-refractivity contribution in [3.8, 4) is 0 Å². The Bertz CT molecular complexity index is 1460. The predicted octanol–water partition coefficient (Wildman–Crippen LogP) is 7.58. The quantitative estimate of drug-likeness (QED) is 0.112. The number of carbonyl (C=O) groups excluding carboxylic acids is 1. The van der Waals surface area contributed by atoms with Crippen molar-refractivity contribution >= 4 is 19.4 Å². The maximum Gasteiger partial charge on any atom is 0.408 e. The highest BCUT2D eigenvalue weighted by atomic mass is 31.2. The number of carbonyl (C=O) groups is 2. The first-order valence-corrected chi connectivity index (χ1v) is 16.8. The molecule has 0 fully saturated rings. The fourth-order valence-corrected chi connectivity index (χ4v) is 8.02. The number of ether oxygens (including phenoxy) is 1. The predicted molar refractivity (Wildman–Crippen MR) is 173 cm³/mol. The van der Waals surface area contributed by atoms with Crippen LogP contribution < -0.4 is 5.32 Å². The third kappa shape index (κ3) is 9.94. The van der Waals surface area contributed by atoms with Crippen LogP contribution in [-0.2, 0) is 39.0 Å². The van der Waals surface area contributed by atoms with Crippen molar-refractivity contribution in [2.24, 2.45) is 0 Å². The minimum Gasteiger partial charge on any atom is -0.481 e. The van der Waals surface area contributed by atoms with Gasteiger partial charge in [0.15, 0.2) is 0 Å². The molecule has 4 aromatic carbocycles. The number of rotatable bonds is 16. The van der Waals surface area contributed by atoms with Crippen LogP contribution in [0.2, 0.25) is 0 Å². The SMILES string of the molecule is O=C(O)CCC(NC(=O)OCc1ccccc1)P(=O)(O)CC(CCc1ccccc1)(CCc1ccccc1)c1ccccc1. The molecular weight excluding hydrogens is 573 g/mol. The minimum absolute atomic E-state index is 0.0177. The molecule has 0 spiro atoms. The monoisotopic (exact) mass is 613 g/mol. The van der Waals surface area contributed by atoms with Crippen LogP contribution in [0, 0.1) is 0 Å². The zero-order valence-electron chi connectivity index (χ0n) is 24.8. The van der Waals surface area contributed by atoms with Crippen LogP contribution in [0.25, 0.3) is 0 Å². The third-order valence-corrected chi connectivity index (χ3v) is 10.4. The lowest BCUT2D eigenvalue weighted by atomic mass is 9.73. The van der Waals surface area contributed by atoms with Gasteiger partial charge >= 0.3 is 12.1 Å². The van der Waals surface area contributed by atoms with Gasteiger partial charge in [-0.3, -0.25) is 9.36 Å². The van der Waals surface area contributed by atoms with E-state index in [2.05, 4.69) is 5.32 Å². The number of nitrogens with one attached hydrogen (secondary N) is 1. The van der Waals surface area contributed by atoms with Crippen LogP contribution in [0.5, 0.6) is 0 Å². The Kier molecular flexibility index (Phi) is 11.9. The number of aliphatic carboxylic acids is 1. The zero-order valence-corrected chi connectivity index (χ0v) is 25.7. The molecule has 8 heteroatoms. The first kappa shape index (κ1) is 32.7. The molecule has 3 N–H and O–H groups in total. The zero-order chi connectivity index (χ0) is 31.3. The molecule has 2 atom stereocenters. The summed E-state index contributed by atoms with van der Waals surface area (Å²) in [5, 5.41) is 12.0. The molecular formula is C36H40NO6P. The summed E-state index contributed by atoms with van der Waals surface area (Å²) >= 11 is 0. The molecule has 4 rings (SSSR count). The van der Waals surface area contributed by atoms with E-state index in [0.717, 1.165) is 22.3 Å². The molecule has 0 heterocycles. The van der Waals surface area contributed by atoms with Gasteiger partial charge in [-0.1, -0.05) is 121 Å². The Labute approximate surface area is 259 Å². The van der Waals surface area contributed by atoms with E-state index in [1.807, 2.05) is 109 Å². The molecule has 0 aliphatic rings. The number of hydrogen-bond acceptors (Lipinski definition) is 4. The van der Waals surface area contributed by atoms with Crippen molar-refractivity contribution in [3.05, 3.63) is 144 Å². The van der Waals surface area contributed by atoms with Crippen molar-refractivity contribution in [2.75, 3.05) is 6.16 Å². The molecule has 44 heavy (non-hydrogen) atoms. The van der Waals surface area contributed by atoms with E-state index >= 15 is 0 Å². The lowest BCUT2D eigenvalue weighted by Crippen LogP contribution is -2.40. The van der Waals surface area contributed by atoms with Crippen LogP contribution in [-0.4, -0.2) is 34.0 Å². The first-order chi connectivity index (χ1) is 21.3. The Morgan fingerprint density at radius 1 is 0.727 bits per heavy atom. The van der Waals surface area contributed by atoms with Gasteiger partial charge in [0.1, 0.15) is 12.4 Å². The summed E-state index contributed by atoms with van der Waals surface area (Å²) in [4.78, 5) is 36.2. The number of amides is 1. The van der Waals surface area contributed by atoms with Gasteiger partial charge in [-0.25, -0.2) is 4.79 Å². The maximum atomic E-state index is 14.4. The molecule has 0 radical (unpaired) electrons. The molecule has 230 valence electrons. The van der Waals surface area contributed by atoms with Crippen LogP contribution >= 0.6 is 7.37 Å². The number of benzene rings is 4. The molecule has 0 saturated heterocycles. The highest BCUT2D eigenvalue weighted by Gasteiger charge is 2.43. The second-order valence-corrected chi connectivity index (χ2v) is 13.6. The molecule has 7 nitrogen and oxygen atoms in total. The summed E-state index contributed by atoms with van der Waals surface area (Å²) in [6.45, 7) is -0.0177. The molecule has 2 unspecified atom stereocenters. The van der Waals surface area contributed by atoms with E-state index < -0.39 is 30.6 Å². The molecule has 0 aromatic heterocycles. The molecule has 1 amide bonds. The van der Waals surface area contributed by atoms with Crippen molar-refractivity contribution in [1.82, 2.24) is 5.32 Å². The van der Waals surface area contributed by atoms with Crippen molar-refractivity contribution in [2.45, 2.75) is 56.3 Å².